The molecule has 0 aromatic rings. The molecule has 2 N–H and O–H groups in total. The summed E-state index contributed by atoms with van der Waals surface area (Å²) in [7, 11) is 0. The molecule has 0 aliphatic carbocycles. The highest BCUT2D eigenvalue weighted by atomic mass is 32.2. The second-order valence-electron chi connectivity index (χ2n) is 5.00. The predicted molar refractivity (Wildman–Crippen MR) is 78.4 cm³/mol. The maximum Gasteiger partial charge on any atom is 0.329 e. The lowest BCUT2D eigenvalue weighted by Crippen LogP contribution is -2.43. The van der Waals surface area contributed by atoms with Crippen LogP contribution in [0.15, 0.2) is 0 Å². The smallest absolute Gasteiger partial charge is 0.329 e. The van der Waals surface area contributed by atoms with Gasteiger partial charge in [-0.15, -0.1) is 5.39 Å². The number of carbonyl (C=O) groups excluding carboxylic acids is 3. The minimum atomic E-state index is -1.06. The molecule has 22 heavy (non-hydrogen) atoms. The molecule has 0 saturated heterocycles. The van der Waals surface area contributed by atoms with Gasteiger partial charge in [-0.1, -0.05) is 11.8 Å². The molecule has 0 rings (SSSR count). The lowest BCUT2D eigenvalue weighted by molar-refractivity contribution is -0.313. The number of rotatable bonds is 9. The van der Waals surface area contributed by atoms with Crippen LogP contribution in [0.2, 0.25) is 0 Å². The largest absolute Gasteiger partial charge is 0.738 e. The Bertz CT molecular complexity index is 401. The van der Waals surface area contributed by atoms with Crippen LogP contribution in [-0.4, -0.2) is 52.6 Å². The second-order valence-corrected chi connectivity index (χ2v) is 5.99. The van der Waals surface area contributed by atoms with Gasteiger partial charge in [-0.05, 0) is 20.8 Å². The third-order valence-corrected chi connectivity index (χ3v) is 3.73. The van der Waals surface area contributed by atoms with Gasteiger partial charge in [0.2, 0.25) is 5.91 Å². The summed E-state index contributed by atoms with van der Waals surface area (Å²) in [5, 5.41) is 20.0. The Morgan fingerprint density at radius 2 is 2.00 bits per heavy atom. The van der Waals surface area contributed by atoms with E-state index >= 15 is 0 Å². The van der Waals surface area contributed by atoms with Crippen molar-refractivity contribution in [3.05, 3.63) is 5.21 Å². The zero-order chi connectivity index (χ0) is 17.3. The van der Waals surface area contributed by atoms with Crippen molar-refractivity contribution in [2.45, 2.75) is 33.7 Å². The number of thioether (sulfide) groups is 1. The first-order valence-corrected chi connectivity index (χ1v) is 7.48. The number of hydrogen-bond donors (Lipinski definition) is 2. The molecule has 10 heteroatoms. The Balaban J connectivity index is 4.59. The van der Waals surface area contributed by atoms with E-state index < -0.39 is 28.7 Å². The summed E-state index contributed by atoms with van der Waals surface area (Å²) in [6.07, 6.45) is 0. The van der Waals surface area contributed by atoms with Crippen LogP contribution in [0.3, 0.4) is 0 Å². The molecule has 9 nitrogen and oxygen atoms in total. The summed E-state index contributed by atoms with van der Waals surface area (Å²) >= 11 is 0.803. The van der Waals surface area contributed by atoms with Gasteiger partial charge in [0.15, 0.2) is 5.12 Å². The van der Waals surface area contributed by atoms with E-state index in [1.807, 2.05) is 0 Å². The Morgan fingerprint density at radius 1 is 1.41 bits per heavy atom. The molecule has 0 aliphatic heterocycles. The fourth-order valence-electron chi connectivity index (χ4n) is 1.29. The number of ether oxygens (including phenoxy) is 1. The van der Waals surface area contributed by atoms with Crippen molar-refractivity contribution in [2.24, 2.45) is 5.41 Å². The number of nitrogens with zero attached hydrogens (tertiary/aromatic N) is 1. The monoisotopic (exact) mass is 337 g/mol. The van der Waals surface area contributed by atoms with Gasteiger partial charge in [0, 0.05) is 12.7 Å². The third kappa shape index (κ3) is 8.29. The molecule has 0 fully saturated rings. The summed E-state index contributed by atoms with van der Waals surface area (Å²) in [6.45, 7) is 5.74. The molecule has 0 saturated carbocycles. The summed E-state index contributed by atoms with van der Waals surface area (Å²) in [5.74, 6) is -1.06. The molecule has 128 valence electrons. The fraction of sp³-hybridized carbons (Fsp3) is 0.750. The molecular formula is C12H21N2O7S-. The Morgan fingerprint density at radius 3 is 2.45 bits per heavy atom. The molecular weight excluding hydrogens is 316 g/mol. The van der Waals surface area contributed by atoms with E-state index in [0.717, 1.165) is 11.8 Å². The molecule has 0 radical (unpaired) electrons. The molecule has 0 bridgehead atoms. The first-order valence-electron chi connectivity index (χ1n) is 6.50. The van der Waals surface area contributed by atoms with Gasteiger partial charge in [0.1, 0.15) is 6.04 Å². The van der Waals surface area contributed by atoms with Gasteiger partial charge in [-0.2, -0.15) is 0 Å². The van der Waals surface area contributed by atoms with E-state index in [4.69, 9.17) is 9.94 Å². The topological polar surface area (TPSA) is 128 Å². The summed E-state index contributed by atoms with van der Waals surface area (Å²) in [4.78, 5) is 39.2. The fourth-order valence-corrected chi connectivity index (χ4v) is 2.27. The normalized spacial score (nSPS) is 12.9. The minimum absolute atomic E-state index is 0.0130. The highest BCUT2D eigenvalue weighted by Gasteiger charge is 2.31. The number of nitrogens with one attached hydrogen (secondary N) is 1. The first kappa shape index (κ1) is 20.8. The van der Waals surface area contributed by atoms with Gasteiger partial charge in [0.05, 0.1) is 18.6 Å². The maximum absolute atomic E-state index is 12.1. The van der Waals surface area contributed by atoms with E-state index in [1.165, 1.54) is 20.8 Å². The summed E-state index contributed by atoms with van der Waals surface area (Å²) in [5.41, 5.74) is -1.06. The Hall–Kier alpha value is -1.20. The number of hydrogen-bond acceptors (Lipinski definition) is 9. The van der Waals surface area contributed by atoms with E-state index in [-0.39, 0.29) is 24.1 Å². The van der Waals surface area contributed by atoms with Crippen LogP contribution in [0.5, 0.6) is 0 Å². The van der Waals surface area contributed by atoms with Gasteiger partial charge in [-0.25, -0.2) is 4.79 Å². The number of carbonyl (C=O) groups is 3. The quantitative estimate of drug-likeness (QED) is 0.455. The molecule has 0 aromatic carbocycles. The number of esters is 1. The van der Waals surface area contributed by atoms with Crippen LogP contribution in [0, 0.1) is 10.6 Å². The minimum Gasteiger partial charge on any atom is -0.738 e. The standard InChI is InChI=1S/C12H21N2O7S/c1-5-20-10(16)9(13-8(2)15)6-22-11(17)12(3,4)7-21-14(18)19/h9,18H,5-7H2,1-4H3,(H,13,15)/q-1. The van der Waals surface area contributed by atoms with E-state index in [9.17, 15) is 19.6 Å². The van der Waals surface area contributed by atoms with E-state index in [1.54, 1.807) is 6.92 Å². The lowest BCUT2D eigenvalue weighted by Gasteiger charge is -2.27. The average molecular weight is 337 g/mol. The van der Waals surface area contributed by atoms with Crippen LogP contribution in [0.4, 0.5) is 0 Å². The summed E-state index contributed by atoms with van der Waals surface area (Å²) < 4.78 is 4.82. The average Bonchev–Trinajstić information content (AvgIpc) is 2.40. The van der Waals surface area contributed by atoms with Crippen molar-refractivity contribution in [3.63, 3.8) is 0 Å². The van der Waals surface area contributed by atoms with Crippen molar-refractivity contribution in [1.82, 2.24) is 10.7 Å². The second kappa shape index (κ2) is 9.74. The molecule has 0 aliphatic rings. The van der Waals surface area contributed by atoms with Gasteiger partial charge in [0.25, 0.3) is 0 Å². The van der Waals surface area contributed by atoms with Gasteiger partial charge in [-0.3, -0.25) is 14.4 Å². The summed E-state index contributed by atoms with van der Waals surface area (Å²) in [6, 6.07) is -0.947. The van der Waals surface area contributed by atoms with Crippen LogP contribution in [-0.2, 0) is 24.0 Å². The zero-order valence-corrected chi connectivity index (χ0v) is 13.8. The van der Waals surface area contributed by atoms with Crippen molar-refractivity contribution in [3.8, 4) is 0 Å². The van der Waals surface area contributed by atoms with Crippen LogP contribution < -0.4 is 5.32 Å². The Labute approximate surface area is 132 Å². The highest BCUT2D eigenvalue weighted by Crippen LogP contribution is 2.25. The van der Waals surface area contributed by atoms with Crippen molar-refractivity contribution >= 4 is 28.8 Å². The molecule has 1 amide bonds. The van der Waals surface area contributed by atoms with Crippen molar-refractivity contribution in [2.75, 3.05) is 19.0 Å². The molecule has 1 atom stereocenters. The Kier molecular flexibility index (Phi) is 9.21. The third-order valence-electron chi connectivity index (χ3n) is 2.42. The SMILES string of the molecule is CCOC(=O)C(CSC(=O)C(C)(C)CON([O-])O)NC(C)=O. The highest BCUT2D eigenvalue weighted by molar-refractivity contribution is 8.13. The van der Waals surface area contributed by atoms with Crippen LogP contribution in [0.1, 0.15) is 27.7 Å². The van der Waals surface area contributed by atoms with Gasteiger partial charge < -0.3 is 20.5 Å². The van der Waals surface area contributed by atoms with Crippen LogP contribution >= 0.6 is 11.8 Å². The number of amides is 1. The van der Waals surface area contributed by atoms with Crippen LogP contribution in [0.25, 0.3) is 0 Å². The zero-order valence-electron chi connectivity index (χ0n) is 13.0. The van der Waals surface area contributed by atoms with E-state index in [2.05, 4.69) is 10.2 Å². The van der Waals surface area contributed by atoms with Gasteiger partial charge >= 0.3 is 5.97 Å². The van der Waals surface area contributed by atoms with Crippen molar-refractivity contribution < 1.29 is 29.2 Å². The lowest BCUT2D eigenvalue weighted by atomic mass is 9.97. The maximum atomic E-state index is 12.1. The first-order chi connectivity index (χ1) is 10.1. The molecule has 0 heterocycles. The van der Waals surface area contributed by atoms with E-state index in [0.29, 0.717) is 0 Å². The van der Waals surface area contributed by atoms with Crippen molar-refractivity contribution in [1.29, 1.82) is 0 Å². The molecule has 1 unspecified atom stereocenters. The molecule has 0 aromatic heterocycles. The predicted octanol–water partition coefficient (Wildman–Crippen LogP) is 0.461. The molecule has 0 spiro atoms.